The molecule has 24 heavy (non-hydrogen) atoms. The Hall–Kier alpha value is -3.48. The zero-order chi connectivity index (χ0) is 17.0. The van der Waals surface area contributed by atoms with Crippen molar-refractivity contribution in [2.75, 3.05) is 0 Å². The molecule has 0 unspecified atom stereocenters. The van der Waals surface area contributed by atoms with Crippen molar-refractivity contribution in [3.8, 4) is 0 Å². The number of nitro groups is 1. The van der Waals surface area contributed by atoms with Crippen molar-refractivity contribution >= 4 is 44.4 Å². The van der Waals surface area contributed by atoms with Crippen LogP contribution in [-0.2, 0) is 0 Å². The summed E-state index contributed by atoms with van der Waals surface area (Å²) in [6, 6.07) is 11.3. The fourth-order valence-corrected chi connectivity index (χ4v) is 3.11. The first-order chi connectivity index (χ1) is 11.5. The summed E-state index contributed by atoms with van der Waals surface area (Å²) in [6.45, 7) is 1.38. The molecule has 4 aromatic rings. The second-order valence-electron chi connectivity index (χ2n) is 5.54. The van der Waals surface area contributed by atoms with Gasteiger partial charge >= 0.3 is 0 Å². The van der Waals surface area contributed by atoms with Crippen LogP contribution in [0.4, 0.5) is 5.69 Å². The molecule has 0 saturated heterocycles. The van der Waals surface area contributed by atoms with E-state index in [0.717, 1.165) is 5.39 Å². The molecule has 7 heteroatoms. The molecule has 0 aliphatic carbocycles. The number of carbonyl (C=O) groups is 1. The molecule has 0 saturated carbocycles. The van der Waals surface area contributed by atoms with E-state index >= 15 is 0 Å². The van der Waals surface area contributed by atoms with E-state index in [4.69, 9.17) is 0 Å². The predicted molar refractivity (Wildman–Crippen MR) is 90.5 cm³/mol. The molecule has 0 radical (unpaired) electrons. The highest BCUT2D eigenvalue weighted by Gasteiger charge is 2.19. The number of fused-ring (bicyclic) bond motifs is 4. The lowest BCUT2D eigenvalue weighted by Crippen LogP contribution is -2.13. The van der Waals surface area contributed by atoms with Crippen molar-refractivity contribution in [2.45, 2.75) is 6.92 Å². The van der Waals surface area contributed by atoms with Crippen LogP contribution in [0.2, 0.25) is 0 Å². The molecule has 2 aromatic carbocycles. The van der Waals surface area contributed by atoms with Crippen molar-refractivity contribution in [3.63, 3.8) is 0 Å². The molecule has 0 spiro atoms. The zero-order valence-electron chi connectivity index (χ0n) is 12.6. The van der Waals surface area contributed by atoms with Crippen molar-refractivity contribution in [2.24, 2.45) is 0 Å². The third-order valence-electron chi connectivity index (χ3n) is 4.12. The fourth-order valence-electron chi connectivity index (χ4n) is 3.11. The molecule has 1 N–H and O–H groups in total. The van der Waals surface area contributed by atoms with Crippen molar-refractivity contribution < 1.29 is 9.72 Å². The summed E-state index contributed by atoms with van der Waals surface area (Å²) in [5, 5.41) is 11.9. The van der Waals surface area contributed by atoms with E-state index < -0.39 is 10.4 Å². The van der Waals surface area contributed by atoms with Crippen LogP contribution in [0.5, 0.6) is 0 Å². The van der Waals surface area contributed by atoms with Gasteiger partial charge < -0.3 is 4.98 Å². The molecule has 0 atom stereocenters. The standard InChI is InChI=1S/C17H11N3O4/c1-9(21)19-14-5-3-2-4-11(14)15-16(19)17(22)12-8-10(20(23)24)6-7-13(12)18-15/h2-8H,1H3,(H,18,22). The fraction of sp³-hybridized carbons (Fsp3) is 0.0588. The Balaban J connectivity index is 2.30. The number of hydrogen-bond donors (Lipinski definition) is 1. The lowest BCUT2D eigenvalue weighted by molar-refractivity contribution is -0.384. The van der Waals surface area contributed by atoms with Crippen LogP contribution in [0, 0.1) is 10.1 Å². The van der Waals surface area contributed by atoms with Gasteiger partial charge in [0, 0.05) is 24.4 Å². The summed E-state index contributed by atoms with van der Waals surface area (Å²) >= 11 is 0. The number of hydrogen-bond acceptors (Lipinski definition) is 4. The largest absolute Gasteiger partial charge is 0.353 e. The summed E-state index contributed by atoms with van der Waals surface area (Å²) in [7, 11) is 0. The number of pyridine rings is 1. The quantitative estimate of drug-likeness (QED) is 0.430. The van der Waals surface area contributed by atoms with Crippen LogP contribution >= 0.6 is 0 Å². The first-order valence-electron chi connectivity index (χ1n) is 7.23. The maximum atomic E-state index is 12.9. The Morgan fingerprint density at radius 1 is 1.17 bits per heavy atom. The number of carbonyl (C=O) groups excluding carboxylic acids is 1. The van der Waals surface area contributed by atoms with E-state index in [0.29, 0.717) is 16.6 Å². The monoisotopic (exact) mass is 321 g/mol. The maximum absolute atomic E-state index is 12.9. The average molecular weight is 321 g/mol. The Morgan fingerprint density at radius 3 is 2.62 bits per heavy atom. The molecule has 0 aliphatic heterocycles. The van der Waals surface area contributed by atoms with Gasteiger partial charge in [-0.3, -0.25) is 24.3 Å². The van der Waals surface area contributed by atoms with E-state index in [1.807, 2.05) is 12.1 Å². The Labute approximate surface area is 134 Å². The molecule has 0 bridgehead atoms. The van der Waals surface area contributed by atoms with Gasteiger partial charge in [0.05, 0.1) is 26.9 Å². The molecule has 4 rings (SSSR count). The highest BCUT2D eigenvalue weighted by Crippen LogP contribution is 2.28. The lowest BCUT2D eigenvalue weighted by Gasteiger charge is -2.03. The number of nitro benzene ring substituents is 1. The van der Waals surface area contributed by atoms with Gasteiger partial charge in [-0.05, 0) is 12.1 Å². The van der Waals surface area contributed by atoms with E-state index in [1.54, 1.807) is 12.1 Å². The number of para-hydroxylation sites is 1. The number of aromatic amines is 1. The second kappa shape index (κ2) is 4.76. The smallest absolute Gasteiger partial charge is 0.270 e. The lowest BCUT2D eigenvalue weighted by atomic mass is 10.1. The molecular formula is C17H11N3O4. The van der Waals surface area contributed by atoms with Crippen LogP contribution in [0.3, 0.4) is 0 Å². The number of rotatable bonds is 1. The minimum absolute atomic E-state index is 0.169. The van der Waals surface area contributed by atoms with Crippen molar-refractivity contribution in [1.29, 1.82) is 0 Å². The minimum Gasteiger partial charge on any atom is -0.353 e. The normalized spacial score (nSPS) is 11.4. The van der Waals surface area contributed by atoms with Crippen molar-refractivity contribution in [1.82, 2.24) is 9.55 Å². The van der Waals surface area contributed by atoms with Crippen molar-refractivity contribution in [3.05, 3.63) is 62.8 Å². The van der Waals surface area contributed by atoms with Crippen LogP contribution in [-0.4, -0.2) is 20.4 Å². The summed E-state index contributed by atoms with van der Waals surface area (Å²) in [4.78, 5) is 38.6. The number of benzene rings is 2. The summed E-state index contributed by atoms with van der Waals surface area (Å²) in [5.74, 6) is -0.295. The topological polar surface area (TPSA) is 98.0 Å². The number of nitrogens with one attached hydrogen (secondary N) is 1. The summed E-state index contributed by atoms with van der Waals surface area (Å²) in [5.41, 5.74) is 1.29. The molecule has 2 heterocycles. The molecular weight excluding hydrogens is 310 g/mol. The molecule has 118 valence electrons. The van der Waals surface area contributed by atoms with Gasteiger partial charge in [0.1, 0.15) is 5.52 Å². The van der Waals surface area contributed by atoms with Gasteiger partial charge in [-0.1, -0.05) is 18.2 Å². The zero-order valence-corrected chi connectivity index (χ0v) is 12.6. The van der Waals surface area contributed by atoms with Crippen LogP contribution in [0.1, 0.15) is 11.7 Å². The van der Waals surface area contributed by atoms with E-state index in [-0.39, 0.29) is 22.5 Å². The molecule has 0 fully saturated rings. The first kappa shape index (κ1) is 14.1. The maximum Gasteiger partial charge on any atom is 0.270 e. The summed E-state index contributed by atoms with van der Waals surface area (Å²) < 4.78 is 1.35. The Kier molecular flexibility index (Phi) is 2.80. The molecule has 0 aliphatic rings. The van der Waals surface area contributed by atoms with Gasteiger partial charge in [0.25, 0.3) is 5.69 Å². The number of nitrogens with zero attached hydrogens (tertiary/aromatic N) is 2. The van der Waals surface area contributed by atoms with E-state index in [1.165, 1.54) is 29.7 Å². The second-order valence-corrected chi connectivity index (χ2v) is 5.54. The van der Waals surface area contributed by atoms with Crippen LogP contribution < -0.4 is 5.43 Å². The third-order valence-corrected chi connectivity index (χ3v) is 4.12. The van der Waals surface area contributed by atoms with Gasteiger partial charge in [-0.25, -0.2) is 0 Å². The van der Waals surface area contributed by atoms with Crippen LogP contribution in [0.25, 0.3) is 32.8 Å². The van der Waals surface area contributed by atoms with Gasteiger partial charge in [0.15, 0.2) is 0 Å². The van der Waals surface area contributed by atoms with E-state index in [2.05, 4.69) is 4.98 Å². The highest BCUT2D eigenvalue weighted by molar-refractivity contribution is 6.13. The number of H-pyrrole nitrogens is 1. The first-order valence-corrected chi connectivity index (χ1v) is 7.23. The van der Waals surface area contributed by atoms with Gasteiger partial charge in [0.2, 0.25) is 11.3 Å². The minimum atomic E-state index is -0.552. The van der Waals surface area contributed by atoms with E-state index in [9.17, 15) is 19.7 Å². The summed E-state index contributed by atoms with van der Waals surface area (Å²) in [6.07, 6.45) is 0. The predicted octanol–water partition coefficient (Wildman–Crippen LogP) is 3.20. The Bertz CT molecular complexity index is 1230. The number of non-ortho nitro benzene ring substituents is 1. The van der Waals surface area contributed by atoms with Gasteiger partial charge in [-0.15, -0.1) is 0 Å². The Morgan fingerprint density at radius 2 is 1.92 bits per heavy atom. The molecule has 0 amide bonds. The SMILES string of the molecule is CC(=O)n1c2ccccc2c2[nH]c3ccc([N+](=O)[O-])cc3c(=O)c21. The third kappa shape index (κ3) is 1.78. The molecule has 2 aromatic heterocycles. The molecule has 7 nitrogen and oxygen atoms in total. The number of aromatic nitrogens is 2. The van der Waals surface area contributed by atoms with Crippen LogP contribution in [0.15, 0.2) is 47.3 Å². The highest BCUT2D eigenvalue weighted by atomic mass is 16.6. The average Bonchev–Trinajstić information content (AvgIpc) is 2.90. The van der Waals surface area contributed by atoms with Gasteiger partial charge in [-0.2, -0.15) is 0 Å².